The molecule has 1 saturated heterocycles. The van der Waals surface area contributed by atoms with Gasteiger partial charge in [0.25, 0.3) is 0 Å². The summed E-state index contributed by atoms with van der Waals surface area (Å²) in [4.78, 5) is 14.2. The fourth-order valence-electron chi connectivity index (χ4n) is 2.32. The van der Waals surface area contributed by atoms with Crippen molar-refractivity contribution in [3.05, 3.63) is 34.9 Å². The van der Waals surface area contributed by atoms with Crippen LogP contribution in [0.1, 0.15) is 0 Å². The summed E-state index contributed by atoms with van der Waals surface area (Å²) in [5.41, 5.74) is 0.587. The van der Waals surface area contributed by atoms with E-state index in [4.69, 9.17) is 5.11 Å². The molecule has 6 heteroatoms. The van der Waals surface area contributed by atoms with E-state index >= 15 is 0 Å². The standard InChI is InChI=1S/C12H16N4O2/c17-9-10-7-14(8-10)5-6-16-12(18)15-4-2-1-3-11(15)13-16/h1-4,10,17H,5-9H2. The van der Waals surface area contributed by atoms with E-state index in [1.165, 1.54) is 4.68 Å². The maximum Gasteiger partial charge on any atom is 0.350 e. The molecular formula is C12H16N4O2. The molecule has 0 amide bonds. The van der Waals surface area contributed by atoms with E-state index in [0.29, 0.717) is 18.1 Å². The molecule has 0 unspecified atom stereocenters. The molecule has 1 N–H and O–H groups in total. The lowest BCUT2D eigenvalue weighted by atomic mass is 10.0. The third kappa shape index (κ3) is 1.93. The van der Waals surface area contributed by atoms with Gasteiger partial charge in [-0.25, -0.2) is 9.48 Å². The molecule has 0 saturated carbocycles. The Kier molecular flexibility index (Phi) is 2.89. The zero-order valence-electron chi connectivity index (χ0n) is 10.1. The highest BCUT2D eigenvalue weighted by molar-refractivity contribution is 5.35. The smallest absolute Gasteiger partial charge is 0.350 e. The van der Waals surface area contributed by atoms with E-state index < -0.39 is 0 Å². The summed E-state index contributed by atoms with van der Waals surface area (Å²) in [6, 6.07) is 5.51. The minimum absolute atomic E-state index is 0.0927. The Morgan fingerprint density at radius 1 is 1.33 bits per heavy atom. The molecule has 96 valence electrons. The van der Waals surface area contributed by atoms with Crippen LogP contribution >= 0.6 is 0 Å². The van der Waals surface area contributed by atoms with Gasteiger partial charge in [-0.1, -0.05) is 6.07 Å². The topological polar surface area (TPSA) is 62.8 Å². The number of rotatable bonds is 4. The first-order chi connectivity index (χ1) is 8.78. The first-order valence-electron chi connectivity index (χ1n) is 6.15. The average molecular weight is 248 g/mol. The van der Waals surface area contributed by atoms with Crippen LogP contribution in [0.5, 0.6) is 0 Å². The minimum atomic E-state index is -0.0927. The Balaban J connectivity index is 1.68. The number of pyridine rings is 1. The summed E-state index contributed by atoms with van der Waals surface area (Å²) >= 11 is 0. The van der Waals surface area contributed by atoms with E-state index in [9.17, 15) is 4.79 Å². The van der Waals surface area contributed by atoms with Crippen LogP contribution in [0.25, 0.3) is 5.65 Å². The van der Waals surface area contributed by atoms with Gasteiger partial charge < -0.3 is 10.0 Å². The lowest BCUT2D eigenvalue weighted by molar-refractivity contribution is 0.0505. The summed E-state index contributed by atoms with van der Waals surface area (Å²) in [6.45, 7) is 3.49. The zero-order valence-corrected chi connectivity index (χ0v) is 10.1. The minimum Gasteiger partial charge on any atom is -0.396 e. The molecule has 0 atom stereocenters. The Bertz CT molecular complexity index is 597. The highest BCUT2D eigenvalue weighted by Crippen LogP contribution is 2.13. The second-order valence-electron chi connectivity index (χ2n) is 4.74. The molecule has 3 heterocycles. The molecule has 18 heavy (non-hydrogen) atoms. The predicted octanol–water partition coefficient (Wildman–Crippen LogP) is -0.580. The first kappa shape index (κ1) is 11.4. The van der Waals surface area contributed by atoms with Gasteiger partial charge in [-0.3, -0.25) is 4.40 Å². The van der Waals surface area contributed by atoms with Gasteiger partial charge in [0.15, 0.2) is 5.65 Å². The van der Waals surface area contributed by atoms with Crippen LogP contribution in [0.2, 0.25) is 0 Å². The number of fused-ring (bicyclic) bond motifs is 1. The normalized spacial score (nSPS) is 17.2. The van der Waals surface area contributed by atoms with E-state index in [0.717, 1.165) is 19.6 Å². The van der Waals surface area contributed by atoms with Crippen molar-refractivity contribution in [2.45, 2.75) is 6.54 Å². The fourth-order valence-corrected chi connectivity index (χ4v) is 2.32. The van der Waals surface area contributed by atoms with Crippen LogP contribution in [0.3, 0.4) is 0 Å². The van der Waals surface area contributed by atoms with Gasteiger partial charge in [-0.05, 0) is 12.1 Å². The molecule has 2 aromatic rings. The quantitative estimate of drug-likeness (QED) is 0.786. The summed E-state index contributed by atoms with van der Waals surface area (Å²) in [6.07, 6.45) is 1.73. The molecule has 1 aliphatic heterocycles. The van der Waals surface area contributed by atoms with Gasteiger partial charge in [0.2, 0.25) is 0 Å². The van der Waals surface area contributed by atoms with Crippen molar-refractivity contribution in [1.29, 1.82) is 0 Å². The molecule has 0 aliphatic carbocycles. The molecule has 3 rings (SSSR count). The Labute approximate surface area is 104 Å². The van der Waals surface area contributed by atoms with Gasteiger partial charge >= 0.3 is 5.69 Å². The number of aliphatic hydroxyl groups excluding tert-OH is 1. The second kappa shape index (κ2) is 4.55. The summed E-state index contributed by atoms with van der Waals surface area (Å²) < 4.78 is 3.05. The molecular weight excluding hydrogens is 232 g/mol. The van der Waals surface area contributed by atoms with Crippen molar-refractivity contribution in [1.82, 2.24) is 19.1 Å². The number of nitrogens with zero attached hydrogens (tertiary/aromatic N) is 4. The van der Waals surface area contributed by atoms with Gasteiger partial charge in [0, 0.05) is 38.4 Å². The van der Waals surface area contributed by atoms with Crippen molar-refractivity contribution < 1.29 is 5.11 Å². The van der Waals surface area contributed by atoms with Crippen LogP contribution in [0, 0.1) is 5.92 Å². The lowest BCUT2D eigenvalue weighted by Crippen LogP contribution is -2.49. The van der Waals surface area contributed by atoms with Crippen molar-refractivity contribution >= 4 is 5.65 Å². The van der Waals surface area contributed by atoms with E-state index in [-0.39, 0.29) is 12.3 Å². The Hall–Kier alpha value is -1.66. The molecule has 2 aromatic heterocycles. The van der Waals surface area contributed by atoms with Crippen LogP contribution in [-0.4, -0.2) is 50.4 Å². The van der Waals surface area contributed by atoms with Crippen molar-refractivity contribution in [2.75, 3.05) is 26.2 Å². The number of aliphatic hydroxyl groups is 1. The van der Waals surface area contributed by atoms with Crippen LogP contribution in [0.15, 0.2) is 29.2 Å². The molecule has 0 spiro atoms. The van der Waals surface area contributed by atoms with Crippen molar-refractivity contribution in [2.24, 2.45) is 5.92 Å². The Morgan fingerprint density at radius 3 is 2.89 bits per heavy atom. The van der Waals surface area contributed by atoms with E-state index in [1.54, 1.807) is 10.6 Å². The first-order valence-corrected chi connectivity index (χ1v) is 6.15. The molecule has 0 bridgehead atoms. The van der Waals surface area contributed by atoms with Gasteiger partial charge in [-0.2, -0.15) is 0 Å². The number of hydrogen-bond acceptors (Lipinski definition) is 4. The average Bonchev–Trinajstić information content (AvgIpc) is 2.66. The van der Waals surface area contributed by atoms with Crippen LogP contribution in [-0.2, 0) is 6.54 Å². The third-order valence-electron chi connectivity index (χ3n) is 3.41. The lowest BCUT2D eigenvalue weighted by Gasteiger charge is -2.37. The van der Waals surface area contributed by atoms with Crippen LogP contribution in [0.4, 0.5) is 0 Å². The summed E-state index contributed by atoms with van der Waals surface area (Å²) in [5, 5.41) is 13.2. The Morgan fingerprint density at radius 2 is 2.17 bits per heavy atom. The third-order valence-corrected chi connectivity index (χ3v) is 3.41. The number of hydrogen-bond donors (Lipinski definition) is 1. The number of aromatic nitrogens is 3. The molecule has 1 aliphatic rings. The maximum atomic E-state index is 12.0. The van der Waals surface area contributed by atoms with Crippen LogP contribution < -0.4 is 5.69 Å². The van der Waals surface area contributed by atoms with Gasteiger partial charge in [0.05, 0.1) is 6.54 Å². The van der Waals surface area contributed by atoms with E-state index in [2.05, 4.69) is 10.00 Å². The highest BCUT2D eigenvalue weighted by atomic mass is 16.3. The summed E-state index contributed by atoms with van der Waals surface area (Å²) in [7, 11) is 0. The molecule has 0 radical (unpaired) electrons. The zero-order chi connectivity index (χ0) is 12.5. The van der Waals surface area contributed by atoms with Crippen molar-refractivity contribution in [3.63, 3.8) is 0 Å². The summed E-state index contributed by atoms with van der Waals surface area (Å²) in [5.74, 6) is 0.405. The fraction of sp³-hybridized carbons (Fsp3) is 0.500. The van der Waals surface area contributed by atoms with Gasteiger partial charge in [-0.15, -0.1) is 5.10 Å². The molecule has 6 nitrogen and oxygen atoms in total. The number of likely N-dealkylation sites (tertiary alicyclic amines) is 1. The van der Waals surface area contributed by atoms with Crippen molar-refractivity contribution in [3.8, 4) is 0 Å². The largest absolute Gasteiger partial charge is 0.396 e. The highest BCUT2D eigenvalue weighted by Gasteiger charge is 2.25. The van der Waals surface area contributed by atoms with E-state index in [1.807, 2.05) is 18.2 Å². The molecule has 0 aromatic carbocycles. The maximum absolute atomic E-state index is 12.0. The second-order valence-corrected chi connectivity index (χ2v) is 4.74. The predicted molar refractivity (Wildman–Crippen MR) is 66.5 cm³/mol. The van der Waals surface area contributed by atoms with Gasteiger partial charge in [0.1, 0.15) is 0 Å². The molecule has 1 fully saturated rings. The SMILES string of the molecule is O=c1n(CCN2CC(CO)C2)nc2ccccn12. The monoisotopic (exact) mass is 248 g/mol.